The van der Waals surface area contributed by atoms with E-state index in [4.69, 9.17) is 15.3 Å². The zero-order valence-corrected chi connectivity index (χ0v) is 8.50. The molecule has 0 aromatic rings. The van der Waals surface area contributed by atoms with Crippen LogP contribution in [0.3, 0.4) is 0 Å². The third-order valence-electron chi connectivity index (χ3n) is 1.14. The van der Waals surface area contributed by atoms with Crippen molar-refractivity contribution < 1.29 is 9.53 Å². The van der Waals surface area contributed by atoms with Crippen molar-refractivity contribution in [1.29, 1.82) is 10.5 Å². The Morgan fingerprint density at radius 2 is 2.07 bits per heavy atom. The maximum Gasteiger partial charge on any atom is 0.408 e. The van der Waals surface area contributed by atoms with E-state index in [0.29, 0.717) is 0 Å². The van der Waals surface area contributed by atoms with Crippen LogP contribution in [0.25, 0.3) is 0 Å². The first-order chi connectivity index (χ1) is 6.39. The van der Waals surface area contributed by atoms with Crippen molar-refractivity contribution in [3.8, 4) is 12.1 Å². The van der Waals surface area contributed by atoms with E-state index in [-0.39, 0.29) is 6.42 Å². The average Bonchev–Trinajstić information content (AvgIpc) is 2.00. The third kappa shape index (κ3) is 5.84. The molecule has 0 rings (SSSR count). The van der Waals surface area contributed by atoms with Crippen molar-refractivity contribution in [2.24, 2.45) is 0 Å². The predicted octanol–water partition coefficient (Wildman–Crippen LogP) is 1.32. The molecule has 14 heavy (non-hydrogen) atoms. The molecule has 0 saturated carbocycles. The van der Waals surface area contributed by atoms with Gasteiger partial charge in [-0.3, -0.25) is 0 Å². The zero-order valence-electron chi connectivity index (χ0n) is 8.50. The number of nitriles is 2. The van der Waals surface area contributed by atoms with Crippen molar-refractivity contribution in [2.45, 2.75) is 38.8 Å². The number of nitrogens with one attached hydrogen (secondary N) is 1. The van der Waals surface area contributed by atoms with Crippen LogP contribution < -0.4 is 5.32 Å². The predicted molar refractivity (Wildman–Crippen MR) is 49.0 cm³/mol. The molecule has 0 radical (unpaired) electrons. The Balaban J connectivity index is 4.07. The zero-order chi connectivity index (χ0) is 11.2. The van der Waals surface area contributed by atoms with E-state index in [1.807, 2.05) is 0 Å². The quantitative estimate of drug-likeness (QED) is 0.719. The van der Waals surface area contributed by atoms with Crippen LogP contribution in [0, 0.1) is 22.7 Å². The lowest BCUT2D eigenvalue weighted by Crippen LogP contribution is -2.38. The summed E-state index contributed by atoms with van der Waals surface area (Å²) in [7, 11) is 0. The average molecular weight is 195 g/mol. The minimum Gasteiger partial charge on any atom is -0.444 e. The van der Waals surface area contributed by atoms with E-state index >= 15 is 0 Å². The maximum absolute atomic E-state index is 11.1. The molecule has 0 aromatic carbocycles. The van der Waals surface area contributed by atoms with Gasteiger partial charge in [-0.1, -0.05) is 0 Å². The smallest absolute Gasteiger partial charge is 0.408 e. The van der Waals surface area contributed by atoms with E-state index in [1.54, 1.807) is 32.9 Å². The van der Waals surface area contributed by atoms with Crippen LogP contribution in [0.15, 0.2) is 0 Å². The Bertz CT molecular complexity index is 280. The molecule has 0 aliphatic heterocycles. The van der Waals surface area contributed by atoms with E-state index in [2.05, 4.69) is 5.32 Å². The van der Waals surface area contributed by atoms with Gasteiger partial charge in [-0.05, 0) is 20.8 Å². The molecule has 1 N–H and O–H groups in total. The molecule has 0 saturated heterocycles. The molecule has 0 aromatic heterocycles. The number of amides is 1. The first kappa shape index (κ1) is 12.2. The number of hydrogen-bond acceptors (Lipinski definition) is 4. The van der Waals surface area contributed by atoms with E-state index in [1.165, 1.54) is 0 Å². The molecule has 5 heteroatoms. The van der Waals surface area contributed by atoms with Crippen LogP contribution in [-0.4, -0.2) is 17.7 Å². The molecule has 0 aliphatic rings. The van der Waals surface area contributed by atoms with Crippen LogP contribution in [0.4, 0.5) is 4.79 Å². The summed E-state index contributed by atoms with van der Waals surface area (Å²) in [4.78, 5) is 11.1. The van der Waals surface area contributed by atoms with Gasteiger partial charge in [0, 0.05) is 0 Å². The molecule has 0 fully saturated rings. The van der Waals surface area contributed by atoms with E-state index < -0.39 is 17.7 Å². The molecule has 1 atom stereocenters. The van der Waals surface area contributed by atoms with Crippen molar-refractivity contribution in [2.75, 3.05) is 0 Å². The number of alkyl carbamates (subject to hydrolysis) is 1. The van der Waals surface area contributed by atoms with Gasteiger partial charge in [0.1, 0.15) is 11.6 Å². The van der Waals surface area contributed by atoms with Gasteiger partial charge in [0.25, 0.3) is 0 Å². The molecule has 0 aliphatic carbocycles. The summed E-state index contributed by atoms with van der Waals surface area (Å²) in [5.74, 6) is 0. The molecule has 0 heterocycles. The van der Waals surface area contributed by atoms with Gasteiger partial charge in [0.2, 0.25) is 0 Å². The van der Waals surface area contributed by atoms with Gasteiger partial charge < -0.3 is 10.1 Å². The van der Waals surface area contributed by atoms with Crippen molar-refractivity contribution >= 4 is 6.09 Å². The van der Waals surface area contributed by atoms with Gasteiger partial charge >= 0.3 is 6.09 Å². The normalized spacial score (nSPS) is 12.1. The van der Waals surface area contributed by atoms with E-state index in [0.717, 1.165) is 0 Å². The van der Waals surface area contributed by atoms with Crippen LogP contribution >= 0.6 is 0 Å². The Morgan fingerprint density at radius 3 is 2.43 bits per heavy atom. The Labute approximate surface area is 83.3 Å². The summed E-state index contributed by atoms with van der Waals surface area (Å²) in [6, 6.07) is 2.77. The number of carbonyl (C=O) groups is 1. The third-order valence-corrected chi connectivity index (χ3v) is 1.14. The minimum absolute atomic E-state index is 0.0459. The fraction of sp³-hybridized carbons (Fsp3) is 0.667. The lowest BCUT2D eigenvalue weighted by molar-refractivity contribution is 0.0516. The van der Waals surface area contributed by atoms with Crippen LogP contribution in [0.1, 0.15) is 27.2 Å². The summed E-state index contributed by atoms with van der Waals surface area (Å²) < 4.78 is 4.91. The highest BCUT2D eigenvalue weighted by molar-refractivity contribution is 5.68. The Hall–Kier alpha value is -1.75. The highest BCUT2D eigenvalue weighted by Crippen LogP contribution is 2.06. The summed E-state index contributed by atoms with van der Waals surface area (Å²) in [5, 5.41) is 19.1. The molecule has 76 valence electrons. The van der Waals surface area contributed by atoms with Gasteiger partial charge in [0.05, 0.1) is 18.6 Å². The maximum atomic E-state index is 11.1. The molecular formula is C9H13N3O2. The van der Waals surface area contributed by atoms with E-state index in [9.17, 15) is 4.79 Å². The molecule has 0 unspecified atom stereocenters. The largest absolute Gasteiger partial charge is 0.444 e. The number of rotatable bonds is 2. The van der Waals surface area contributed by atoms with Crippen molar-refractivity contribution in [3.05, 3.63) is 0 Å². The summed E-state index contributed by atoms with van der Waals surface area (Å²) in [5.41, 5.74) is -0.600. The van der Waals surface area contributed by atoms with Gasteiger partial charge in [-0.15, -0.1) is 0 Å². The second kappa shape index (κ2) is 5.08. The molecule has 1 amide bonds. The number of carbonyl (C=O) groups excluding carboxylic acids is 1. The summed E-state index contributed by atoms with van der Waals surface area (Å²) >= 11 is 0. The summed E-state index contributed by atoms with van der Waals surface area (Å²) in [6.07, 6.45) is -0.727. The second-order valence-corrected chi connectivity index (χ2v) is 3.69. The topological polar surface area (TPSA) is 85.9 Å². The van der Waals surface area contributed by atoms with Gasteiger partial charge in [-0.2, -0.15) is 10.5 Å². The Kier molecular flexibility index (Phi) is 4.45. The number of hydrogen-bond donors (Lipinski definition) is 1. The van der Waals surface area contributed by atoms with Crippen LogP contribution in [0.2, 0.25) is 0 Å². The highest BCUT2D eigenvalue weighted by atomic mass is 16.6. The lowest BCUT2D eigenvalue weighted by Gasteiger charge is -2.20. The van der Waals surface area contributed by atoms with Gasteiger partial charge in [-0.25, -0.2) is 4.79 Å². The fourth-order valence-electron chi connectivity index (χ4n) is 0.670. The SMILES string of the molecule is CC(C)(C)OC(=O)N[C@H](C#N)CC#N. The number of nitrogens with zero attached hydrogens (tertiary/aromatic N) is 2. The minimum atomic E-state index is -0.810. The Morgan fingerprint density at radius 1 is 1.50 bits per heavy atom. The van der Waals surface area contributed by atoms with Gasteiger partial charge in [0.15, 0.2) is 0 Å². The van der Waals surface area contributed by atoms with Crippen LogP contribution in [0.5, 0.6) is 0 Å². The molecule has 5 nitrogen and oxygen atoms in total. The molecular weight excluding hydrogens is 182 g/mol. The fourth-order valence-corrected chi connectivity index (χ4v) is 0.670. The van der Waals surface area contributed by atoms with Crippen LogP contribution in [-0.2, 0) is 4.74 Å². The van der Waals surface area contributed by atoms with Crippen molar-refractivity contribution in [3.63, 3.8) is 0 Å². The monoisotopic (exact) mass is 195 g/mol. The molecule has 0 bridgehead atoms. The molecule has 0 spiro atoms. The first-order valence-corrected chi connectivity index (χ1v) is 4.15. The second-order valence-electron chi connectivity index (χ2n) is 3.69. The summed E-state index contributed by atoms with van der Waals surface area (Å²) in [6.45, 7) is 5.16. The lowest BCUT2D eigenvalue weighted by atomic mass is 10.2. The first-order valence-electron chi connectivity index (χ1n) is 4.15. The van der Waals surface area contributed by atoms with Crippen molar-refractivity contribution in [1.82, 2.24) is 5.32 Å². The highest BCUT2D eigenvalue weighted by Gasteiger charge is 2.18. The standard InChI is InChI=1S/C9H13N3O2/c1-9(2,3)14-8(13)12-7(6-11)4-5-10/h7H,4H2,1-3H3,(H,12,13)/t7-/m0/s1. The number of ether oxygens (including phenoxy) is 1.